The zero-order chi connectivity index (χ0) is 20.7. The van der Waals surface area contributed by atoms with E-state index in [4.69, 9.17) is 4.74 Å². The summed E-state index contributed by atoms with van der Waals surface area (Å²) in [6.07, 6.45) is 6.18. The Balaban J connectivity index is 1.57. The Morgan fingerprint density at radius 1 is 1.17 bits per heavy atom. The average molecular weight is 399 g/mol. The number of hydrogen-bond donors (Lipinski definition) is 2. The molecular formula is C26H25NO3. The minimum atomic E-state index is -0.271. The van der Waals surface area contributed by atoms with Crippen molar-refractivity contribution in [2.75, 3.05) is 11.9 Å². The summed E-state index contributed by atoms with van der Waals surface area (Å²) in [5, 5.41) is 16.7. The van der Waals surface area contributed by atoms with Gasteiger partial charge in [-0.1, -0.05) is 49.4 Å². The van der Waals surface area contributed by atoms with Gasteiger partial charge in [-0.2, -0.15) is 0 Å². The Labute approximate surface area is 176 Å². The SMILES string of the molecule is CCCOC(=O)c1ccc2c(c1)C1C=CCC1C(c1c(O)ccc3ccccc13)N2. The van der Waals surface area contributed by atoms with Gasteiger partial charge < -0.3 is 15.2 Å². The third kappa shape index (κ3) is 3.04. The summed E-state index contributed by atoms with van der Waals surface area (Å²) in [6.45, 7) is 2.42. The molecule has 5 rings (SSSR count). The Bertz CT molecular complexity index is 1150. The lowest BCUT2D eigenvalue weighted by Gasteiger charge is -2.38. The van der Waals surface area contributed by atoms with Gasteiger partial charge in [-0.05, 0) is 59.4 Å². The molecule has 0 radical (unpaired) electrons. The monoisotopic (exact) mass is 399 g/mol. The molecule has 1 aliphatic carbocycles. The Morgan fingerprint density at radius 3 is 2.90 bits per heavy atom. The van der Waals surface area contributed by atoms with Crippen LogP contribution in [0.2, 0.25) is 0 Å². The van der Waals surface area contributed by atoms with Gasteiger partial charge in [-0.15, -0.1) is 0 Å². The molecule has 1 aliphatic heterocycles. The van der Waals surface area contributed by atoms with E-state index >= 15 is 0 Å². The molecule has 0 aromatic heterocycles. The lowest BCUT2D eigenvalue weighted by molar-refractivity contribution is 0.0505. The first-order chi connectivity index (χ1) is 14.7. The molecule has 152 valence electrons. The highest BCUT2D eigenvalue weighted by Gasteiger charge is 2.39. The molecule has 1 heterocycles. The van der Waals surface area contributed by atoms with Gasteiger partial charge in [-0.25, -0.2) is 4.79 Å². The molecule has 30 heavy (non-hydrogen) atoms. The number of rotatable bonds is 4. The van der Waals surface area contributed by atoms with E-state index in [-0.39, 0.29) is 23.8 Å². The van der Waals surface area contributed by atoms with Crippen LogP contribution in [0, 0.1) is 5.92 Å². The zero-order valence-corrected chi connectivity index (χ0v) is 17.0. The predicted octanol–water partition coefficient (Wildman–Crippen LogP) is 5.94. The van der Waals surface area contributed by atoms with Crippen LogP contribution in [0.4, 0.5) is 5.69 Å². The number of phenols is 1. The van der Waals surface area contributed by atoms with E-state index in [0.29, 0.717) is 17.9 Å². The summed E-state index contributed by atoms with van der Waals surface area (Å²) in [6, 6.07) is 17.7. The summed E-state index contributed by atoms with van der Waals surface area (Å²) in [5.41, 5.74) is 3.67. The molecule has 4 heteroatoms. The highest BCUT2D eigenvalue weighted by molar-refractivity contribution is 5.91. The number of hydrogen-bond acceptors (Lipinski definition) is 4. The maximum Gasteiger partial charge on any atom is 0.338 e. The van der Waals surface area contributed by atoms with Crippen molar-refractivity contribution in [1.82, 2.24) is 0 Å². The maximum absolute atomic E-state index is 12.4. The molecule has 0 saturated heterocycles. The van der Waals surface area contributed by atoms with E-state index in [1.54, 1.807) is 6.07 Å². The second-order valence-electron chi connectivity index (χ2n) is 8.13. The van der Waals surface area contributed by atoms with Gasteiger partial charge in [0.25, 0.3) is 0 Å². The first-order valence-corrected chi connectivity index (χ1v) is 10.6. The van der Waals surface area contributed by atoms with E-state index in [9.17, 15) is 9.90 Å². The second-order valence-corrected chi connectivity index (χ2v) is 8.13. The van der Waals surface area contributed by atoms with Crippen molar-refractivity contribution >= 4 is 22.4 Å². The number of carbonyl (C=O) groups excluding carboxylic acids is 1. The molecular weight excluding hydrogens is 374 g/mol. The number of allylic oxidation sites excluding steroid dienone is 2. The third-order valence-electron chi connectivity index (χ3n) is 6.29. The number of ether oxygens (including phenoxy) is 1. The molecule has 0 amide bonds. The number of aromatic hydroxyl groups is 1. The number of carbonyl (C=O) groups is 1. The molecule has 3 atom stereocenters. The molecule has 2 N–H and O–H groups in total. The van der Waals surface area contributed by atoms with Gasteiger partial charge in [0.1, 0.15) is 5.75 Å². The molecule has 0 spiro atoms. The van der Waals surface area contributed by atoms with Crippen molar-refractivity contribution in [3.8, 4) is 5.75 Å². The minimum absolute atomic E-state index is 0.0125. The van der Waals surface area contributed by atoms with Gasteiger partial charge in [-0.3, -0.25) is 0 Å². The smallest absolute Gasteiger partial charge is 0.338 e. The minimum Gasteiger partial charge on any atom is -0.508 e. The lowest BCUT2D eigenvalue weighted by atomic mass is 9.75. The van der Waals surface area contributed by atoms with Gasteiger partial charge in [0.15, 0.2) is 0 Å². The van der Waals surface area contributed by atoms with Crippen LogP contribution in [0.1, 0.15) is 53.2 Å². The fraction of sp³-hybridized carbons (Fsp3) is 0.269. The van der Waals surface area contributed by atoms with Gasteiger partial charge in [0.05, 0.1) is 18.2 Å². The molecule has 0 fully saturated rings. The Morgan fingerprint density at radius 2 is 2.03 bits per heavy atom. The van der Waals surface area contributed by atoms with Crippen LogP contribution in [0.25, 0.3) is 10.8 Å². The van der Waals surface area contributed by atoms with E-state index in [0.717, 1.165) is 40.4 Å². The lowest BCUT2D eigenvalue weighted by Crippen LogP contribution is -2.29. The summed E-state index contributed by atoms with van der Waals surface area (Å²) in [7, 11) is 0. The molecule has 3 aromatic carbocycles. The van der Waals surface area contributed by atoms with Crippen LogP contribution in [0.5, 0.6) is 5.75 Å². The zero-order valence-electron chi connectivity index (χ0n) is 17.0. The van der Waals surface area contributed by atoms with Gasteiger partial charge in [0.2, 0.25) is 0 Å². The first-order valence-electron chi connectivity index (χ1n) is 10.6. The second kappa shape index (κ2) is 7.52. The molecule has 4 nitrogen and oxygen atoms in total. The van der Waals surface area contributed by atoms with Crippen LogP contribution in [-0.4, -0.2) is 17.7 Å². The summed E-state index contributed by atoms with van der Waals surface area (Å²) >= 11 is 0. The van der Waals surface area contributed by atoms with Crippen molar-refractivity contribution < 1.29 is 14.6 Å². The van der Waals surface area contributed by atoms with E-state index < -0.39 is 0 Å². The van der Waals surface area contributed by atoms with Crippen molar-refractivity contribution in [3.05, 3.63) is 83.4 Å². The third-order valence-corrected chi connectivity index (χ3v) is 6.29. The summed E-state index contributed by atoms with van der Waals surface area (Å²) in [5.74, 6) is 0.520. The highest BCUT2D eigenvalue weighted by Crippen LogP contribution is 2.52. The topological polar surface area (TPSA) is 58.6 Å². The number of anilines is 1. The summed E-state index contributed by atoms with van der Waals surface area (Å²) in [4.78, 5) is 12.4. The quantitative estimate of drug-likeness (QED) is 0.421. The fourth-order valence-electron chi connectivity index (χ4n) is 4.90. The van der Waals surface area contributed by atoms with Crippen LogP contribution in [0.15, 0.2) is 66.7 Å². The Kier molecular flexibility index (Phi) is 4.70. The number of nitrogens with one attached hydrogen (secondary N) is 1. The van der Waals surface area contributed by atoms with Crippen molar-refractivity contribution in [2.45, 2.75) is 31.7 Å². The molecule has 3 aromatic rings. The molecule has 3 unspecified atom stereocenters. The standard InChI is InChI=1S/C26H25NO3/c1-2-14-30-26(29)17-10-12-22-21(15-17)19-8-5-9-20(19)25(27-22)24-18-7-4-3-6-16(18)11-13-23(24)28/h3-8,10-13,15,19-20,25,27-28H,2,9,14H2,1H3. The van der Waals surface area contributed by atoms with Gasteiger partial charge >= 0.3 is 5.97 Å². The largest absolute Gasteiger partial charge is 0.508 e. The predicted molar refractivity (Wildman–Crippen MR) is 119 cm³/mol. The molecule has 0 bridgehead atoms. The Hall–Kier alpha value is -3.27. The van der Waals surface area contributed by atoms with E-state index in [1.165, 1.54) is 0 Å². The number of benzene rings is 3. The van der Waals surface area contributed by atoms with Crippen LogP contribution >= 0.6 is 0 Å². The van der Waals surface area contributed by atoms with E-state index in [2.05, 4.69) is 29.6 Å². The average Bonchev–Trinajstić information content (AvgIpc) is 3.27. The first kappa shape index (κ1) is 18.7. The highest BCUT2D eigenvalue weighted by atomic mass is 16.5. The normalized spacial score (nSPS) is 21.7. The molecule has 2 aliphatic rings. The maximum atomic E-state index is 12.4. The van der Waals surface area contributed by atoms with Crippen molar-refractivity contribution in [3.63, 3.8) is 0 Å². The summed E-state index contributed by atoms with van der Waals surface area (Å²) < 4.78 is 5.32. The van der Waals surface area contributed by atoms with Gasteiger partial charge in [0, 0.05) is 17.2 Å². The van der Waals surface area contributed by atoms with Crippen molar-refractivity contribution in [2.24, 2.45) is 5.92 Å². The van der Waals surface area contributed by atoms with Crippen LogP contribution in [0.3, 0.4) is 0 Å². The fourth-order valence-corrected chi connectivity index (χ4v) is 4.90. The molecule has 0 saturated carbocycles. The number of fused-ring (bicyclic) bond motifs is 4. The van der Waals surface area contributed by atoms with Crippen LogP contribution in [-0.2, 0) is 4.74 Å². The number of esters is 1. The van der Waals surface area contributed by atoms with Crippen molar-refractivity contribution in [1.29, 1.82) is 0 Å². The number of phenolic OH excluding ortho intramolecular Hbond substituents is 1. The van der Waals surface area contributed by atoms with E-state index in [1.807, 2.05) is 43.3 Å². The van der Waals surface area contributed by atoms with Crippen LogP contribution < -0.4 is 5.32 Å².